The number of nitrogens with two attached hydrogens (primary N) is 1. The molecule has 2 N–H and O–H groups in total. The van der Waals surface area contributed by atoms with Crippen LogP contribution in [0.5, 0.6) is 5.75 Å². The fourth-order valence-corrected chi connectivity index (χ4v) is 1.50. The average Bonchev–Trinajstić information content (AvgIpc) is 2.28. The van der Waals surface area contributed by atoms with Crippen LogP contribution in [0.2, 0.25) is 0 Å². The number of esters is 1. The Morgan fingerprint density at radius 1 is 1.53 bits per heavy atom. The Labute approximate surface area is 103 Å². The largest absolute Gasteiger partial charge is 0.465 e. The van der Waals surface area contributed by atoms with Crippen molar-refractivity contribution >= 4 is 27.6 Å². The number of halogens is 4. The molecule has 1 aromatic carbocycles. The molecule has 0 atom stereocenters. The van der Waals surface area contributed by atoms with Crippen LogP contribution in [0.25, 0.3) is 0 Å². The highest BCUT2D eigenvalue weighted by Gasteiger charge is 2.22. The minimum atomic E-state index is -3.15. The van der Waals surface area contributed by atoms with E-state index in [9.17, 15) is 18.0 Å². The lowest BCUT2D eigenvalue weighted by atomic mass is 10.1. The van der Waals surface area contributed by atoms with Crippen molar-refractivity contribution in [2.75, 3.05) is 12.8 Å². The number of anilines is 1. The Kier molecular flexibility index (Phi) is 4.22. The summed E-state index contributed by atoms with van der Waals surface area (Å²) in [6.07, 6.45) is 0. The Morgan fingerprint density at radius 3 is 2.59 bits per heavy atom. The van der Waals surface area contributed by atoms with E-state index in [4.69, 9.17) is 5.73 Å². The van der Waals surface area contributed by atoms with Gasteiger partial charge >= 0.3 is 12.6 Å². The molecule has 0 heterocycles. The lowest BCUT2D eigenvalue weighted by molar-refractivity contribution is -0.0506. The van der Waals surface area contributed by atoms with Crippen molar-refractivity contribution in [2.24, 2.45) is 0 Å². The van der Waals surface area contributed by atoms with Crippen molar-refractivity contribution in [2.45, 2.75) is 6.61 Å². The van der Waals surface area contributed by atoms with Crippen LogP contribution in [0, 0.1) is 5.82 Å². The van der Waals surface area contributed by atoms with E-state index >= 15 is 0 Å². The molecule has 0 fully saturated rings. The van der Waals surface area contributed by atoms with E-state index in [-0.39, 0.29) is 10.0 Å². The molecule has 0 radical (unpaired) electrons. The van der Waals surface area contributed by atoms with Crippen molar-refractivity contribution in [3.05, 3.63) is 21.9 Å². The number of methoxy groups -OCH3 is 1. The number of alkyl halides is 2. The zero-order chi connectivity index (χ0) is 13.2. The molecule has 1 aromatic rings. The molecule has 0 bridgehead atoms. The SMILES string of the molecule is COC(=O)c1cc(OC(F)F)c(Br)c(F)c1N. The lowest BCUT2D eigenvalue weighted by Crippen LogP contribution is -2.10. The van der Waals surface area contributed by atoms with E-state index in [1.807, 2.05) is 0 Å². The van der Waals surface area contributed by atoms with E-state index < -0.39 is 29.8 Å². The topological polar surface area (TPSA) is 61.5 Å². The number of ether oxygens (including phenoxy) is 2. The summed E-state index contributed by atoms with van der Waals surface area (Å²) in [5.74, 6) is -2.55. The molecular formula is C9H7BrF3NO3. The summed E-state index contributed by atoms with van der Waals surface area (Å²) in [6.45, 7) is -3.15. The fraction of sp³-hybridized carbons (Fsp3) is 0.222. The summed E-state index contributed by atoms with van der Waals surface area (Å²) < 4.78 is 45.5. The molecule has 0 aliphatic heterocycles. The number of carbonyl (C=O) groups excluding carboxylic acids is 1. The first-order valence-electron chi connectivity index (χ1n) is 4.19. The van der Waals surface area contributed by atoms with Gasteiger partial charge in [0.25, 0.3) is 0 Å². The molecule has 0 saturated carbocycles. The predicted octanol–water partition coefficient (Wildman–Crippen LogP) is 2.56. The Balaban J connectivity index is 3.33. The molecule has 1 rings (SSSR count). The first-order valence-corrected chi connectivity index (χ1v) is 4.98. The summed E-state index contributed by atoms with van der Waals surface area (Å²) in [7, 11) is 1.05. The van der Waals surface area contributed by atoms with E-state index in [0.29, 0.717) is 0 Å². The minimum Gasteiger partial charge on any atom is -0.465 e. The minimum absolute atomic E-state index is 0.385. The quantitative estimate of drug-likeness (QED) is 0.688. The molecule has 17 heavy (non-hydrogen) atoms. The van der Waals surface area contributed by atoms with Crippen molar-refractivity contribution in [1.29, 1.82) is 0 Å². The molecular weight excluding hydrogens is 307 g/mol. The molecule has 0 saturated heterocycles. The fourth-order valence-electron chi connectivity index (χ4n) is 1.08. The molecule has 0 spiro atoms. The van der Waals surface area contributed by atoms with Gasteiger partial charge in [-0.3, -0.25) is 0 Å². The van der Waals surface area contributed by atoms with Crippen molar-refractivity contribution in [3.8, 4) is 5.75 Å². The first-order chi connectivity index (χ1) is 7.88. The second kappa shape index (κ2) is 5.26. The van der Waals surface area contributed by atoms with Crippen LogP contribution in [-0.2, 0) is 4.74 Å². The summed E-state index contributed by atoms with van der Waals surface area (Å²) in [5, 5.41) is 0. The normalized spacial score (nSPS) is 10.5. The maximum absolute atomic E-state index is 13.5. The smallest absolute Gasteiger partial charge is 0.387 e. The number of rotatable bonds is 3. The Bertz CT molecular complexity index is 454. The third-order valence-electron chi connectivity index (χ3n) is 1.83. The average molecular weight is 314 g/mol. The van der Waals surface area contributed by atoms with Crippen LogP contribution >= 0.6 is 15.9 Å². The summed E-state index contributed by atoms with van der Waals surface area (Å²) >= 11 is 2.70. The van der Waals surface area contributed by atoms with Gasteiger partial charge in [0.05, 0.1) is 22.8 Å². The van der Waals surface area contributed by atoms with Crippen molar-refractivity contribution in [3.63, 3.8) is 0 Å². The molecule has 0 aliphatic rings. The van der Waals surface area contributed by atoms with Crippen LogP contribution in [0.15, 0.2) is 10.5 Å². The van der Waals surface area contributed by atoms with Crippen molar-refractivity contribution in [1.82, 2.24) is 0 Å². The zero-order valence-electron chi connectivity index (χ0n) is 8.47. The van der Waals surface area contributed by atoms with Crippen LogP contribution < -0.4 is 10.5 Å². The molecule has 0 amide bonds. The highest BCUT2D eigenvalue weighted by Crippen LogP contribution is 2.35. The van der Waals surface area contributed by atoms with E-state index in [1.54, 1.807) is 0 Å². The molecule has 0 unspecified atom stereocenters. The van der Waals surface area contributed by atoms with Gasteiger partial charge in [-0.1, -0.05) is 0 Å². The first kappa shape index (κ1) is 13.6. The third kappa shape index (κ3) is 2.82. The van der Waals surface area contributed by atoms with Crippen LogP contribution in [0.1, 0.15) is 10.4 Å². The van der Waals surface area contributed by atoms with Gasteiger partial charge in [-0.05, 0) is 22.0 Å². The van der Waals surface area contributed by atoms with Gasteiger partial charge in [0.2, 0.25) is 0 Å². The zero-order valence-corrected chi connectivity index (χ0v) is 10.1. The van der Waals surface area contributed by atoms with Gasteiger partial charge in [-0.25, -0.2) is 9.18 Å². The molecule has 4 nitrogen and oxygen atoms in total. The van der Waals surface area contributed by atoms with Gasteiger partial charge in [0.1, 0.15) is 5.75 Å². The van der Waals surface area contributed by atoms with E-state index in [0.717, 1.165) is 13.2 Å². The summed E-state index contributed by atoms with van der Waals surface area (Å²) in [4.78, 5) is 11.2. The van der Waals surface area contributed by atoms with Gasteiger partial charge in [-0.15, -0.1) is 0 Å². The van der Waals surface area contributed by atoms with Gasteiger partial charge in [0.15, 0.2) is 5.82 Å². The standard InChI is InChI=1S/C9H7BrF3NO3/c1-16-8(15)3-2-4(17-9(12)13)5(10)6(11)7(3)14/h2,9H,14H2,1H3. The van der Waals surface area contributed by atoms with Crippen LogP contribution in [-0.4, -0.2) is 19.7 Å². The molecule has 0 aliphatic carbocycles. The number of carbonyl (C=O) groups is 1. The van der Waals surface area contributed by atoms with Crippen molar-refractivity contribution < 1.29 is 27.4 Å². The van der Waals surface area contributed by atoms with Crippen LogP contribution in [0.4, 0.5) is 18.9 Å². The summed E-state index contributed by atoms with van der Waals surface area (Å²) in [6, 6.07) is 0.875. The highest BCUT2D eigenvalue weighted by molar-refractivity contribution is 9.10. The Morgan fingerprint density at radius 2 is 2.12 bits per heavy atom. The maximum atomic E-state index is 13.5. The number of benzene rings is 1. The molecule has 94 valence electrons. The van der Waals surface area contributed by atoms with Gasteiger partial charge < -0.3 is 15.2 Å². The van der Waals surface area contributed by atoms with Crippen LogP contribution in [0.3, 0.4) is 0 Å². The highest BCUT2D eigenvalue weighted by atomic mass is 79.9. The van der Waals surface area contributed by atoms with Gasteiger partial charge in [0, 0.05) is 0 Å². The summed E-state index contributed by atoms with van der Waals surface area (Å²) in [5.41, 5.74) is 4.42. The predicted molar refractivity (Wildman–Crippen MR) is 56.5 cm³/mol. The monoisotopic (exact) mass is 313 g/mol. The number of hydrogen-bond acceptors (Lipinski definition) is 4. The lowest BCUT2D eigenvalue weighted by Gasteiger charge is -2.11. The second-order valence-electron chi connectivity index (χ2n) is 2.83. The molecule has 0 aromatic heterocycles. The van der Waals surface area contributed by atoms with E-state index in [1.165, 1.54) is 0 Å². The third-order valence-corrected chi connectivity index (χ3v) is 2.57. The number of nitrogen functional groups attached to an aromatic ring is 1. The Hall–Kier alpha value is -1.44. The van der Waals surface area contributed by atoms with Gasteiger partial charge in [-0.2, -0.15) is 8.78 Å². The number of hydrogen-bond donors (Lipinski definition) is 1. The second-order valence-corrected chi connectivity index (χ2v) is 3.63. The maximum Gasteiger partial charge on any atom is 0.387 e. The van der Waals surface area contributed by atoms with E-state index in [2.05, 4.69) is 25.4 Å². The molecule has 8 heteroatoms.